The predicted molar refractivity (Wildman–Crippen MR) is 123 cm³/mol. The number of ether oxygens (including phenoxy) is 1. The van der Waals surface area contributed by atoms with Gasteiger partial charge in [0.15, 0.2) is 5.16 Å². The number of anilines is 1. The first-order valence-corrected chi connectivity index (χ1v) is 11.5. The molecule has 1 fully saturated rings. The molecule has 5 rings (SSSR count). The molecule has 1 saturated heterocycles. The Morgan fingerprint density at radius 2 is 1.75 bits per heavy atom. The molecule has 8 nitrogen and oxygen atoms in total. The summed E-state index contributed by atoms with van der Waals surface area (Å²) >= 11 is 1.55. The molecule has 32 heavy (non-hydrogen) atoms. The smallest absolute Gasteiger partial charge is 0.247 e. The topological polar surface area (TPSA) is 82.1 Å². The molecule has 0 spiro atoms. The van der Waals surface area contributed by atoms with Gasteiger partial charge in [-0.15, -0.1) is 20.4 Å². The van der Waals surface area contributed by atoms with Gasteiger partial charge in [0.25, 0.3) is 0 Å². The van der Waals surface area contributed by atoms with E-state index >= 15 is 0 Å². The fourth-order valence-corrected chi connectivity index (χ4v) is 4.50. The van der Waals surface area contributed by atoms with Crippen molar-refractivity contribution in [2.75, 3.05) is 31.2 Å². The van der Waals surface area contributed by atoms with E-state index in [1.54, 1.807) is 11.8 Å². The summed E-state index contributed by atoms with van der Waals surface area (Å²) in [6.45, 7) is 7.06. The first kappa shape index (κ1) is 20.7. The minimum atomic E-state index is -0.0924. The van der Waals surface area contributed by atoms with Gasteiger partial charge in [-0.3, -0.25) is 4.57 Å². The van der Waals surface area contributed by atoms with Crippen molar-refractivity contribution in [3.05, 3.63) is 66.1 Å². The molecule has 1 atom stereocenters. The molecule has 1 unspecified atom stereocenters. The van der Waals surface area contributed by atoms with Gasteiger partial charge in [0, 0.05) is 18.7 Å². The number of rotatable bonds is 6. The average molecular weight is 449 g/mol. The number of nitrogens with zero attached hydrogens (tertiary/aromatic N) is 6. The van der Waals surface area contributed by atoms with Crippen LogP contribution in [0.4, 0.5) is 5.95 Å². The molecule has 9 heteroatoms. The molecule has 3 heterocycles. The van der Waals surface area contributed by atoms with Crippen molar-refractivity contribution in [2.45, 2.75) is 24.3 Å². The first-order chi connectivity index (χ1) is 15.7. The van der Waals surface area contributed by atoms with Crippen molar-refractivity contribution < 1.29 is 9.15 Å². The van der Waals surface area contributed by atoms with Crippen molar-refractivity contribution in [1.82, 2.24) is 25.0 Å². The van der Waals surface area contributed by atoms with Gasteiger partial charge < -0.3 is 14.1 Å². The van der Waals surface area contributed by atoms with Crippen LogP contribution in [0.1, 0.15) is 23.6 Å². The molecule has 1 aliphatic heterocycles. The van der Waals surface area contributed by atoms with Crippen molar-refractivity contribution in [3.8, 4) is 17.1 Å². The second-order valence-corrected chi connectivity index (χ2v) is 8.94. The van der Waals surface area contributed by atoms with Gasteiger partial charge in [-0.05, 0) is 43.7 Å². The van der Waals surface area contributed by atoms with Gasteiger partial charge in [0.05, 0.1) is 24.2 Å². The van der Waals surface area contributed by atoms with E-state index in [4.69, 9.17) is 9.15 Å². The monoisotopic (exact) mass is 448 g/mol. The summed E-state index contributed by atoms with van der Waals surface area (Å²) in [5.41, 5.74) is 3.11. The van der Waals surface area contributed by atoms with Gasteiger partial charge in [-0.2, -0.15) is 0 Å². The standard InChI is InChI=1S/C23H24N6O2S/c1-16-7-6-10-19(15-16)29-22(28-11-13-30-14-12-28)26-27-23(29)32-17(2)20-24-25-21(31-20)18-8-4-3-5-9-18/h3-10,15,17H,11-14H2,1-2H3. The summed E-state index contributed by atoms with van der Waals surface area (Å²) in [6.07, 6.45) is 0. The van der Waals surface area contributed by atoms with E-state index in [-0.39, 0.29) is 5.25 Å². The maximum atomic E-state index is 5.96. The zero-order valence-corrected chi connectivity index (χ0v) is 18.8. The molecule has 0 amide bonds. The van der Waals surface area contributed by atoms with E-state index in [0.29, 0.717) is 25.0 Å². The highest BCUT2D eigenvalue weighted by molar-refractivity contribution is 7.99. The van der Waals surface area contributed by atoms with Crippen LogP contribution in [0.25, 0.3) is 17.1 Å². The zero-order chi connectivity index (χ0) is 21.9. The number of aryl methyl sites for hydroxylation is 1. The molecule has 0 bridgehead atoms. The van der Waals surface area contributed by atoms with Crippen LogP contribution >= 0.6 is 11.8 Å². The summed E-state index contributed by atoms with van der Waals surface area (Å²) in [6, 6.07) is 18.1. The third kappa shape index (κ3) is 4.26. The third-order valence-corrected chi connectivity index (χ3v) is 6.29. The summed E-state index contributed by atoms with van der Waals surface area (Å²) in [5.74, 6) is 1.90. The predicted octanol–water partition coefficient (Wildman–Crippen LogP) is 4.32. The highest BCUT2D eigenvalue weighted by Gasteiger charge is 2.25. The van der Waals surface area contributed by atoms with Crippen molar-refractivity contribution in [3.63, 3.8) is 0 Å². The summed E-state index contributed by atoms with van der Waals surface area (Å²) in [5, 5.41) is 18.3. The molecular formula is C23H24N6O2S. The van der Waals surface area contributed by atoms with Crippen molar-refractivity contribution >= 4 is 17.7 Å². The molecule has 164 valence electrons. The van der Waals surface area contributed by atoms with Gasteiger partial charge in [0.1, 0.15) is 0 Å². The highest BCUT2D eigenvalue weighted by atomic mass is 32.2. The maximum Gasteiger partial charge on any atom is 0.247 e. The molecule has 2 aromatic carbocycles. The number of hydrogen-bond donors (Lipinski definition) is 0. The van der Waals surface area contributed by atoms with Gasteiger partial charge in [-0.25, -0.2) is 0 Å². The second kappa shape index (κ2) is 9.13. The van der Waals surface area contributed by atoms with Crippen LogP contribution < -0.4 is 4.90 Å². The van der Waals surface area contributed by atoms with Gasteiger partial charge >= 0.3 is 0 Å². The number of hydrogen-bond acceptors (Lipinski definition) is 8. The van der Waals surface area contributed by atoms with Crippen LogP contribution in [0, 0.1) is 6.92 Å². The van der Waals surface area contributed by atoms with Crippen LogP contribution in [0.5, 0.6) is 0 Å². The lowest BCUT2D eigenvalue weighted by Crippen LogP contribution is -2.37. The Labute approximate surface area is 190 Å². The molecule has 2 aromatic heterocycles. The Kier molecular flexibility index (Phi) is 5.91. The van der Waals surface area contributed by atoms with Crippen molar-refractivity contribution in [2.24, 2.45) is 0 Å². The number of morpholine rings is 1. The van der Waals surface area contributed by atoms with Crippen LogP contribution in [0.3, 0.4) is 0 Å². The molecule has 0 N–H and O–H groups in total. The molecule has 1 aliphatic rings. The lowest BCUT2D eigenvalue weighted by molar-refractivity contribution is 0.122. The lowest BCUT2D eigenvalue weighted by Gasteiger charge is -2.28. The minimum Gasteiger partial charge on any atom is -0.419 e. The van der Waals surface area contributed by atoms with E-state index in [1.165, 1.54) is 5.56 Å². The zero-order valence-electron chi connectivity index (χ0n) is 18.0. The van der Waals surface area contributed by atoms with Gasteiger partial charge in [0.2, 0.25) is 17.7 Å². The van der Waals surface area contributed by atoms with Crippen molar-refractivity contribution in [1.29, 1.82) is 0 Å². The van der Waals surface area contributed by atoms with E-state index in [1.807, 2.05) is 37.3 Å². The summed E-state index contributed by atoms with van der Waals surface area (Å²) < 4.78 is 13.6. The van der Waals surface area contributed by atoms with E-state index in [0.717, 1.165) is 35.4 Å². The average Bonchev–Trinajstić information content (AvgIpc) is 3.48. The van der Waals surface area contributed by atoms with Crippen LogP contribution in [-0.2, 0) is 4.74 Å². The third-order valence-electron chi connectivity index (χ3n) is 5.26. The van der Waals surface area contributed by atoms with Crippen LogP contribution in [-0.4, -0.2) is 51.3 Å². The molecule has 0 radical (unpaired) electrons. The highest BCUT2D eigenvalue weighted by Crippen LogP contribution is 2.37. The van der Waals surface area contributed by atoms with Gasteiger partial charge in [-0.1, -0.05) is 42.1 Å². The Morgan fingerprint density at radius 3 is 2.53 bits per heavy atom. The SMILES string of the molecule is Cc1cccc(-n2c(SC(C)c3nnc(-c4ccccc4)o3)nnc2N2CCOCC2)c1. The van der Waals surface area contributed by atoms with E-state index in [2.05, 4.69) is 61.1 Å². The summed E-state index contributed by atoms with van der Waals surface area (Å²) in [4.78, 5) is 2.22. The largest absolute Gasteiger partial charge is 0.419 e. The molecular weight excluding hydrogens is 424 g/mol. The minimum absolute atomic E-state index is 0.0924. The fraction of sp³-hybridized carbons (Fsp3) is 0.304. The molecule has 0 aliphatic carbocycles. The maximum absolute atomic E-state index is 5.96. The molecule has 0 saturated carbocycles. The second-order valence-electron chi connectivity index (χ2n) is 7.63. The quantitative estimate of drug-likeness (QED) is 0.404. The van der Waals surface area contributed by atoms with Crippen LogP contribution in [0.15, 0.2) is 64.2 Å². The Hall–Kier alpha value is -3.17. The lowest BCUT2D eigenvalue weighted by atomic mass is 10.2. The van der Waals surface area contributed by atoms with E-state index < -0.39 is 0 Å². The Bertz CT molecular complexity index is 1190. The van der Waals surface area contributed by atoms with E-state index in [9.17, 15) is 0 Å². The summed E-state index contributed by atoms with van der Waals surface area (Å²) in [7, 11) is 0. The molecule has 4 aromatic rings. The Balaban J connectivity index is 1.45. The Morgan fingerprint density at radius 1 is 0.938 bits per heavy atom. The normalized spacial score (nSPS) is 15.1. The fourth-order valence-electron chi connectivity index (χ4n) is 3.60. The first-order valence-electron chi connectivity index (χ1n) is 10.6. The number of thioether (sulfide) groups is 1. The number of benzene rings is 2. The number of aromatic nitrogens is 5. The van der Waals surface area contributed by atoms with Crippen LogP contribution in [0.2, 0.25) is 0 Å².